The number of hydrogen-bond donors (Lipinski definition) is 2. The molecule has 108 valence electrons. The maximum atomic E-state index is 11.1. The highest BCUT2D eigenvalue weighted by molar-refractivity contribution is 5.64. The van der Waals surface area contributed by atoms with E-state index in [1.165, 1.54) is 0 Å². The smallest absolute Gasteiger partial charge is 0.140 e. The van der Waals surface area contributed by atoms with E-state index < -0.39 is 22.2 Å². The van der Waals surface area contributed by atoms with Crippen molar-refractivity contribution < 1.29 is 14.6 Å². The molecule has 0 saturated carbocycles. The van der Waals surface area contributed by atoms with Crippen LogP contribution in [0.15, 0.2) is 0 Å². The van der Waals surface area contributed by atoms with Crippen LogP contribution in [0.25, 0.3) is 0 Å². The van der Waals surface area contributed by atoms with Gasteiger partial charge in [-0.1, -0.05) is 13.8 Å². The topological polar surface area (TPSA) is 72.6 Å². The number of nitrogens with two attached hydrogens (primary N) is 1. The fraction of sp³-hybridized carbons (Fsp3) is 0.929. The first-order chi connectivity index (χ1) is 7.72. The summed E-state index contributed by atoms with van der Waals surface area (Å²) in [6.07, 6.45) is 1.42. The van der Waals surface area contributed by atoms with Gasteiger partial charge in [0.15, 0.2) is 0 Å². The monoisotopic (exact) mass is 259 g/mol. The van der Waals surface area contributed by atoms with E-state index in [1.807, 2.05) is 27.7 Å². The van der Waals surface area contributed by atoms with E-state index in [0.717, 1.165) is 6.29 Å². The van der Waals surface area contributed by atoms with Gasteiger partial charge in [0.2, 0.25) is 0 Å². The first-order valence-corrected chi connectivity index (χ1v) is 6.34. The second kappa shape index (κ2) is 5.27. The third-order valence-electron chi connectivity index (χ3n) is 3.39. The van der Waals surface area contributed by atoms with Gasteiger partial charge in [0.05, 0.1) is 23.3 Å². The Morgan fingerprint density at radius 2 is 1.56 bits per heavy atom. The Kier molecular flexibility index (Phi) is 5.14. The highest BCUT2D eigenvalue weighted by atomic mass is 16.5. The normalized spacial score (nSPS) is 17.4. The second-order valence-electron chi connectivity index (χ2n) is 7.32. The van der Waals surface area contributed by atoms with E-state index in [2.05, 4.69) is 0 Å². The van der Waals surface area contributed by atoms with E-state index in [-0.39, 0.29) is 6.61 Å². The molecule has 1 atom stereocenters. The summed E-state index contributed by atoms with van der Waals surface area (Å²) in [6, 6.07) is 0. The number of carbonyl (C=O) groups excluding carboxylic acids is 1. The third kappa shape index (κ3) is 5.46. The first-order valence-electron chi connectivity index (χ1n) is 6.34. The molecule has 1 unspecified atom stereocenters. The molecule has 18 heavy (non-hydrogen) atoms. The van der Waals surface area contributed by atoms with Crippen molar-refractivity contribution in [2.24, 2.45) is 11.1 Å². The molecule has 4 heteroatoms. The number of ether oxygens (including phenoxy) is 1. The minimum Gasteiger partial charge on any atom is -0.388 e. The SMILES string of the molecule is CC(C)(O)COC(C)(C)CC(C)(C)C(C)(N)C=O. The summed E-state index contributed by atoms with van der Waals surface area (Å²) in [5.74, 6) is 0. The van der Waals surface area contributed by atoms with Crippen molar-refractivity contribution in [3.63, 3.8) is 0 Å². The molecule has 0 aromatic rings. The van der Waals surface area contributed by atoms with Gasteiger partial charge in [-0.05, 0) is 46.5 Å². The van der Waals surface area contributed by atoms with Crippen LogP contribution < -0.4 is 5.73 Å². The summed E-state index contributed by atoms with van der Waals surface area (Å²) in [7, 11) is 0. The van der Waals surface area contributed by atoms with Crippen molar-refractivity contribution in [3.05, 3.63) is 0 Å². The Morgan fingerprint density at radius 1 is 1.11 bits per heavy atom. The van der Waals surface area contributed by atoms with Gasteiger partial charge in [-0.15, -0.1) is 0 Å². The standard InChI is InChI=1S/C14H29NO3/c1-11(2,14(7,15)9-16)8-13(5,6)18-10-12(3,4)17/h9,17H,8,10,15H2,1-7H3. The van der Waals surface area contributed by atoms with E-state index in [4.69, 9.17) is 10.5 Å². The second-order valence-corrected chi connectivity index (χ2v) is 7.32. The molecule has 0 amide bonds. The molecule has 0 aromatic carbocycles. The van der Waals surface area contributed by atoms with Gasteiger partial charge in [0.25, 0.3) is 0 Å². The highest BCUT2D eigenvalue weighted by Crippen LogP contribution is 2.37. The summed E-state index contributed by atoms with van der Waals surface area (Å²) in [4.78, 5) is 11.1. The zero-order valence-corrected chi connectivity index (χ0v) is 12.8. The highest BCUT2D eigenvalue weighted by Gasteiger charge is 2.42. The zero-order chi connectivity index (χ0) is 14.8. The molecule has 0 aliphatic rings. The van der Waals surface area contributed by atoms with Crippen molar-refractivity contribution in [2.75, 3.05) is 6.61 Å². The minimum atomic E-state index is -0.900. The van der Waals surface area contributed by atoms with Crippen molar-refractivity contribution >= 4 is 6.29 Å². The van der Waals surface area contributed by atoms with E-state index in [1.54, 1.807) is 20.8 Å². The lowest BCUT2D eigenvalue weighted by molar-refractivity contribution is -0.124. The largest absolute Gasteiger partial charge is 0.388 e. The quantitative estimate of drug-likeness (QED) is 0.685. The average molecular weight is 259 g/mol. The lowest BCUT2D eigenvalue weighted by Gasteiger charge is -2.43. The molecule has 4 nitrogen and oxygen atoms in total. The first kappa shape index (κ1) is 17.6. The number of aliphatic hydroxyl groups is 1. The van der Waals surface area contributed by atoms with Crippen LogP contribution in [-0.4, -0.2) is 34.7 Å². The van der Waals surface area contributed by atoms with Gasteiger partial charge in [0, 0.05) is 0 Å². The lowest BCUT2D eigenvalue weighted by Crippen LogP contribution is -2.54. The Balaban J connectivity index is 4.71. The predicted octanol–water partition coefficient (Wildman–Crippen LogP) is 1.89. The summed E-state index contributed by atoms with van der Waals surface area (Å²) in [6.45, 7) is 13.2. The molecule has 0 aliphatic heterocycles. The number of carbonyl (C=O) groups is 1. The number of hydrogen-bond acceptors (Lipinski definition) is 4. The molecule has 0 saturated heterocycles. The molecule has 0 radical (unpaired) electrons. The Hall–Kier alpha value is -0.450. The summed E-state index contributed by atoms with van der Waals surface area (Å²) >= 11 is 0. The van der Waals surface area contributed by atoms with Crippen LogP contribution in [0.5, 0.6) is 0 Å². The van der Waals surface area contributed by atoms with Gasteiger partial charge >= 0.3 is 0 Å². The molecule has 0 rings (SSSR count). The van der Waals surface area contributed by atoms with E-state index >= 15 is 0 Å². The minimum absolute atomic E-state index is 0.248. The van der Waals surface area contributed by atoms with Crippen LogP contribution >= 0.6 is 0 Å². The lowest BCUT2D eigenvalue weighted by atomic mass is 9.69. The fourth-order valence-corrected chi connectivity index (χ4v) is 1.84. The van der Waals surface area contributed by atoms with Gasteiger partial charge in [-0.25, -0.2) is 0 Å². The van der Waals surface area contributed by atoms with E-state index in [9.17, 15) is 9.90 Å². The summed E-state index contributed by atoms with van der Waals surface area (Å²) < 4.78 is 5.75. The molecule has 0 heterocycles. The Labute approximate surface area is 111 Å². The summed E-state index contributed by atoms with van der Waals surface area (Å²) in [5.41, 5.74) is 3.40. The van der Waals surface area contributed by atoms with Crippen LogP contribution in [0.1, 0.15) is 54.9 Å². The van der Waals surface area contributed by atoms with Crippen molar-refractivity contribution in [2.45, 2.75) is 71.6 Å². The molecule has 0 fully saturated rings. The van der Waals surface area contributed by atoms with Crippen LogP contribution in [0.2, 0.25) is 0 Å². The Bertz CT molecular complexity index is 288. The molecule has 0 aliphatic carbocycles. The third-order valence-corrected chi connectivity index (χ3v) is 3.39. The Morgan fingerprint density at radius 3 is 1.89 bits per heavy atom. The fourth-order valence-electron chi connectivity index (χ4n) is 1.84. The molecule has 0 aromatic heterocycles. The van der Waals surface area contributed by atoms with Crippen molar-refractivity contribution in [1.82, 2.24) is 0 Å². The molecular weight excluding hydrogens is 230 g/mol. The summed E-state index contributed by atoms with van der Waals surface area (Å²) in [5, 5.41) is 9.68. The van der Waals surface area contributed by atoms with Gasteiger partial charge < -0.3 is 20.4 Å². The predicted molar refractivity (Wildman–Crippen MR) is 73.4 cm³/mol. The van der Waals surface area contributed by atoms with Gasteiger partial charge in [-0.3, -0.25) is 0 Å². The molecule has 0 bridgehead atoms. The van der Waals surface area contributed by atoms with Crippen LogP contribution in [0, 0.1) is 5.41 Å². The van der Waals surface area contributed by atoms with Crippen molar-refractivity contribution in [3.8, 4) is 0 Å². The molecule has 3 N–H and O–H groups in total. The average Bonchev–Trinajstić information content (AvgIpc) is 2.12. The van der Waals surface area contributed by atoms with E-state index in [0.29, 0.717) is 6.42 Å². The van der Waals surface area contributed by atoms with Gasteiger partial charge in [0.1, 0.15) is 6.29 Å². The van der Waals surface area contributed by atoms with Crippen LogP contribution in [0.3, 0.4) is 0 Å². The zero-order valence-electron chi connectivity index (χ0n) is 12.8. The maximum absolute atomic E-state index is 11.1. The number of rotatable bonds is 7. The van der Waals surface area contributed by atoms with Gasteiger partial charge in [-0.2, -0.15) is 0 Å². The molecular formula is C14H29NO3. The van der Waals surface area contributed by atoms with Crippen LogP contribution in [-0.2, 0) is 9.53 Å². The maximum Gasteiger partial charge on any atom is 0.140 e. The number of aldehydes is 1. The molecule has 0 spiro atoms. The van der Waals surface area contributed by atoms with Crippen molar-refractivity contribution in [1.29, 1.82) is 0 Å². The van der Waals surface area contributed by atoms with Crippen LogP contribution in [0.4, 0.5) is 0 Å².